The minimum atomic E-state index is -0.306. The molecular weight excluding hydrogens is 316 g/mol. The molecule has 1 aromatic carbocycles. The highest BCUT2D eigenvalue weighted by Gasteiger charge is 2.27. The highest BCUT2D eigenvalue weighted by molar-refractivity contribution is 5.85. The standard InChI is InChI=1S/C19H22N4O2/c1-13(18-9-14-5-3-4-6-17(14)25-18)19(24)21-15-7-8-23(11-15)16-10-20-22(2)12-16/h3-6,9-10,12-13,15H,7-8,11H2,1-2H3,(H,21,24)/t13-,15+/m0/s1. The van der Waals surface area contributed by atoms with E-state index in [4.69, 9.17) is 4.42 Å². The van der Waals surface area contributed by atoms with Crippen molar-refractivity contribution in [2.45, 2.75) is 25.3 Å². The first-order valence-corrected chi connectivity index (χ1v) is 8.62. The molecule has 6 nitrogen and oxygen atoms in total. The van der Waals surface area contributed by atoms with Crippen LogP contribution in [0.2, 0.25) is 0 Å². The first-order valence-electron chi connectivity index (χ1n) is 8.62. The number of furan rings is 1. The molecule has 3 aromatic rings. The van der Waals surface area contributed by atoms with Gasteiger partial charge in [0.05, 0.1) is 17.8 Å². The maximum absolute atomic E-state index is 12.6. The maximum Gasteiger partial charge on any atom is 0.230 e. The van der Waals surface area contributed by atoms with Crippen LogP contribution >= 0.6 is 0 Å². The van der Waals surface area contributed by atoms with Gasteiger partial charge in [0.1, 0.15) is 11.3 Å². The van der Waals surface area contributed by atoms with Gasteiger partial charge in [-0.1, -0.05) is 18.2 Å². The second kappa shape index (κ2) is 6.27. The number of hydrogen-bond acceptors (Lipinski definition) is 4. The molecule has 0 radical (unpaired) electrons. The molecule has 6 heteroatoms. The number of carbonyl (C=O) groups excluding carboxylic acids is 1. The minimum Gasteiger partial charge on any atom is -0.460 e. The number of benzene rings is 1. The first-order chi connectivity index (χ1) is 12.1. The number of para-hydroxylation sites is 1. The largest absolute Gasteiger partial charge is 0.460 e. The quantitative estimate of drug-likeness (QED) is 0.794. The number of rotatable bonds is 4. The molecule has 1 aliphatic rings. The van der Waals surface area contributed by atoms with Gasteiger partial charge in [0.25, 0.3) is 0 Å². The van der Waals surface area contributed by atoms with Crippen molar-refractivity contribution < 1.29 is 9.21 Å². The highest BCUT2D eigenvalue weighted by Crippen LogP contribution is 2.26. The number of aromatic nitrogens is 2. The lowest BCUT2D eigenvalue weighted by Gasteiger charge is -2.18. The van der Waals surface area contributed by atoms with E-state index in [0.29, 0.717) is 5.76 Å². The van der Waals surface area contributed by atoms with Gasteiger partial charge in [-0.2, -0.15) is 5.10 Å². The van der Waals surface area contributed by atoms with Crippen LogP contribution < -0.4 is 10.2 Å². The summed E-state index contributed by atoms with van der Waals surface area (Å²) in [5.41, 5.74) is 1.92. The molecule has 4 rings (SSSR count). The van der Waals surface area contributed by atoms with Crippen LogP contribution in [0.3, 0.4) is 0 Å². The zero-order chi connectivity index (χ0) is 17.4. The number of amides is 1. The van der Waals surface area contributed by atoms with Crippen LogP contribution in [0, 0.1) is 0 Å². The fourth-order valence-electron chi connectivity index (χ4n) is 3.36. The van der Waals surface area contributed by atoms with Crippen LogP contribution in [0.15, 0.2) is 47.1 Å². The number of hydrogen-bond donors (Lipinski definition) is 1. The number of fused-ring (bicyclic) bond motifs is 1. The third kappa shape index (κ3) is 3.12. The van der Waals surface area contributed by atoms with Gasteiger partial charge in [-0.05, 0) is 25.5 Å². The SMILES string of the molecule is C[C@H](C(=O)N[C@@H]1CCN(c2cnn(C)c2)C1)c1cc2ccccc2o1. The molecule has 0 saturated carbocycles. The summed E-state index contributed by atoms with van der Waals surface area (Å²) < 4.78 is 7.62. The van der Waals surface area contributed by atoms with E-state index in [1.54, 1.807) is 4.68 Å². The first kappa shape index (κ1) is 15.7. The molecule has 1 saturated heterocycles. The van der Waals surface area contributed by atoms with Gasteiger partial charge in [-0.3, -0.25) is 9.48 Å². The Balaban J connectivity index is 1.40. The lowest BCUT2D eigenvalue weighted by atomic mass is 10.1. The Labute approximate surface area is 146 Å². The van der Waals surface area contributed by atoms with E-state index in [2.05, 4.69) is 15.3 Å². The van der Waals surface area contributed by atoms with Crippen molar-refractivity contribution in [1.82, 2.24) is 15.1 Å². The lowest BCUT2D eigenvalue weighted by Crippen LogP contribution is -2.39. The molecule has 1 N–H and O–H groups in total. The third-order valence-corrected chi connectivity index (χ3v) is 4.86. The second-order valence-electron chi connectivity index (χ2n) is 6.72. The average molecular weight is 338 g/mol. The predicted octanol–water partition coefficient (Wildman–Crippen LogP) is 2.66. The van der Waals surface area contributed by atoms with Gasteiger partial charge in [-0.25, -0.2) is 0 Å². The topological polar surface area (TPSA) is 63.3 Å². The van der Waals surface area contributed by atoms with Crippen molar-refractivity contribution >= 4 is 22.6 Å². The molecular formula is C19H22N4O2. The van der Waals surface area contributed by atoms with E-state index in [0.717, 1.165) is 36.2 Å². The molecule has 25 heavy (non-hydrogen) atoms. The van der Waals surface area contributed by atoms with Crippen molar-refractivity contribution in [3.63, 3.8) is 0 Å². The molecule has 0 aliphatic carbocycles. The van der Waals surface area contributed by atoms with Crippen LogP contribution in [0.1, 0.15) is 25.0 Å². The van der Waals surface area contributed by atoms with Crippen molar-refractivity contribution in [1.29, 1.82) is 0 Å². The molecule has 2 atom stereocenters. The van der Waals surface area contributed by atoms with Crippen LogP contribution in [-0.4, -0.2) is 34.8 Å². The summed E-state index contributed by atoms with van der Waals surface area (Å²) in [6.45, 7) is 3.63. The fourth-order valence-corrected chi connectivity index (χ4v) is 3.36. The van der Waals surface area contributed by atoms with Crippen molar-refractivity contribution in [3.8, 4) is 0 Å². The Morgan fingerprint density at radius 1 is 1.40 bits per heavy atom. The lowest BCUT2D eigenvalue weighted by molar-refractivity contribution is -0.123. The molecule has 1 aliphatic heterocycles. The summed E-state index contributed by atoms with van der Waals surface area (Å²) in [6.07, 6.45) is 4.80. The van der Waals surface area contributed by atoms with Gasteiger partial charge < -0.3 is 14.6 Å². The Kier molecular flexibility index (Phi) is 3.95. The second-order valence-corrected chi connectivity index (χ2v) is 6.72. The van der Waals surface area contributed by atoms with Crippen LogP contribution in [0.4, 0.5) is 5.69 Å². The number of nitrogens with zero attached hydrogens (tertiary/aromatic N) is 3. The summed E-state index contributed by atoms with van der Waals surface area (Å²) >= 11 is 0. The van der Waals surface area contributed by atoms with E-state index >= 15 is 0 Å². The summed E-state index contributed by atoms with van der Waals surface area (Å²) in [4.78, 5) is 14.9. The summed E-state index contributed by atoms with van der Waals surface area (Å²) in [5.74, 6) is 0.415. The van der Waals surface area contributed by atoms with Gasteiger partial charge in [0.2, 0.25) is 5.91 Å². The summed E-state index contributed by atoms with van der Waals surface area (Å²) in [7, 11) is 1.91. The Morgan fingerprint density at radius 2 is 2.24 bits per heavy atom. The molecule has 0 bridgehead atoms. The summed E-state index contributed by atoms with van der Waals surface area (Å²) in [6, 6.07) is 9.93. The molecule has 1 fully saturated rings. The molecule has 1 amide bonds. The molecule has 3 heterocycles. The zero-order valence-electron chi connectivity index (χ0n) is 14.5. The summed E-state index contributed by atoms with van der Waals surface area (Å²) in [5, 5.41) is 8.40. The van der Waals surface area contributed by atoms with E-state index in [9.17, 15) is 4.79 Å². The molecule has 0 spiro atoms. The van der Waals surface area contributed by atoms with Crippen LogP contribution in [0.25, 0.3) is 11.0 Å². The van der Waals surface area contributed by atoms with Gasteiger partial charge in [0.15, 0.2) is 0 Å². The smallest absolute Gasteiger partial charge is 0.230 e. The van der Waals surface area contributed by atoms with Gasteiger partial charge in [0, 0.05) is 37.8 Å². The third-order valence-electron chi connectivity index (χ3n) is 4.86. The average Bonchev–Trinajstić information content (AvgIpc) is 3.32. The number of carbonyl (C=O) groups is 1. The zero-order valence-corrected chi connectivity index (χ0v) is 14.5. The Hall–Kier alpha value is -2.76. The molecule has 2 aromatic heterocycles. The predicted molar refractivity (Wildman–Crippen MR) is 96.6 cm³/mol. The van der Waals surface area contributed by atoms with E-state index in [1.165, 1.54) is 0 Å². The highest BCUT2D eigenvalue weighted by atomic mass is 16.3. The monoisotopic (exact) mass is 338 g/mol. The maximum atomic E-state index is 12.6. The van der Waals surface area contributed by atoms with E-state index in [-0.39, 0.29) is 17.9 Å². The van der Waals surface area contributed by atoms with Crippen LogP contribution in [0.5, 0.6) is 0 Å². The molecule has 0 unspecified atom stereocenters. The fraction of sp³-hybridized carbons (Fsp3) is 0.368. The van der Waals surface area contributed by atoms with Crippen molar-refractivity contribution in [3.05, 3.63) is 48.5 Å². The number of anilines is 1. The van der Waals surface area contributed by atoms with Gasteiger partial charge >= 0.3 is 0 Å². The molecule has 130 valence electrons. The van der Waals surface area contributed by atoms with Crippen molar-refractivity contribution in [2.24, 2.45) is 7.05 Å². The number of aryl methyl sites for hydroxylation is 1. The van der Waals surface area contributed by atoms with Gasteiger partial charge in [-0.15, -0.1) is 0 Å². The van der Waals surface area contributed by atoms with Crippen LogP contribution in [-0.2, 0) is 11.8 Å². The van der Waals surface area contributed by atoms with E-state index in [1.807, 2.05) is 56.7 Å². The Bertz CT molecular complexity index is 865. The van der Waals surface area contributed by atoms with E-state index < -0.39 is 0 Å². The minimum absolute atomic E-state index is 0.0112. The van der Waals surface area contributed by atoms with Crippen molar-refractivity contribution in [2.75, 3.05) is 18.0 Å². The Morgan fingerprint density at radius 3 is 3.00 bits per heavy atom. The normalized spacial score (nSPS) is 18.6. The number of nitrogens with one attached hydrogen (secondary N) is 1.